The summed E-state index contributed by atoms with van der Waals surface area (Å²) in [7, 11) is 0. The van der Waals surface area contributed by atoms with Gasteiger partial charge in [0.2, 0.25) is 12.2 Å². The van der Waals surface area contributed by atoms with Gasteiger partial charge in [0.05, 0.1) is 0 Å². The monoisotopic (exact) mass is 104 g/mol. The summed E-state index contributed by atoms with van der Waals surface area (Å²) in [5.74, 6) is 0.819. The van der Waals surface area contributed by atoms with Gasteiger partial charge in [-0.1, -0.05) is 5.16 Å². The quantitative estimate of drug-likeness (QED) is 0.359. The van der Waals surface area contributed by atoms with Crippen LogP contribution in [0.2, 0.25) is 0 Å². The fraction of sp³-hybridized carbons (Fsp3) is 0.500. The zero-order valence-corrected chi connectivity index (χ0v) is 4.08. The van der Waals surface area contributed by atoms with Gasteiger partial charge in [-0.3, -0.25) is 9.01 Å². The summed E-state index contributed by atoms with van der Waals surface area (Å²) in [5, 5.41) is 3.50. The first-order valence-corrected chi connectivity index (χ1v) is 2.27. The lowest BCUT2D eigenvalue weighted by Crippen LogP contribution is -2.03. The van der Waals surface area contributed by atoms with Crippen molar-refractivity contribution in [2.24, 2.45) is 5.16 Å². The van der Waals surface area contributed by atoms with E-state index in [2.05, 4.69) is 14.2 Å². The highest BCUT2D eigenvalue weighted by atomic mass is 32.2. The number of nitrogens with zero attached hydrogens (tertiary/aromatic N) is 1. The van der Waals surface area contributed by atoms with Crippen LogP contribution in [0.25, 0.3) is 0 Å². The summed E-state index contributed by atoms with van der Waals surface area (Å²) >= 11 is 1.13. The molecule has 1 heterocycles. The van der Waals surface area contributed by atoms with Crippen LogP contribution >= 0.6 is 12.2 Å². The van der Waals surface area contributed by atoms with E-state index in [1.54, 1.807) is 0 Å². The predicted octanol–water partition coefficient (Wildman–Crippen LogP) is 0.503. The molecule has 1 aliphatic rings. The summed E-state index contributed by atoms with van der Waals surface area (Å²) < 4.78 is 7.21. The van der Waals surface area contributed by atoms with Crippen molar-refractivity contribution in [3.8, 4) is 0 Å². The Morgan fingerprint density at radius 1 is 2.00 bits per heavy atom. The molecule has 0 saturated carbocycles. The SMILES string of the molecule is CC1=NOSN1. The lowest BCUT2D eigenvalue weighted by Gasteiger charge is -1.78. The summed E-state index contributed by atoms with van der Waals surface area (Å²) in [6.45, 7) is 1.83. The van der Waals surface area contributed by atoms with Crippen molar-refractivity contribution in [2.75, 3.05) is 0 Å². The largest absolute Gasteiger partial charge is 0.298 e. The molecule has 4 heteroatoms. The average Bonchev–Trinajstić information content (AvgIpc) is 1.86. The standard InChI is InChI=1S/C2H4N2OS/c1-2-3-5-6-4-2/h1H3,(H,3,4). The third-order valence-corrected chi connectivity index (χ3v) is 0.929. The molecule has 1 aliphatic heterocycles. The third-order valence-electron chi connectivity index (χ3n) is 0.401. The van der Waals surface area contributed by atoms with Gasteiger partial charge >= 0.3 is 0 Å². The second kappa shape index (κ2) is 1.38. The number of amidine groups is 1. The number of hydrogen-bond donors (Lipinski definition) is 1. The molecule has 1 N–H and O–H groups in total. The second-order valence-corrected chi connectivity index (χ2v) is 1.46. The van der Waals surface area contributed by atoms with E-state index in [9.17, 15) is 0 Å². The maximum absolute atomic E-state index is 4.45. The number of hydrogen-bond acceptors (Lipinski definition) is 4. The van der Waals surface area contributed by atoms with Crippen LogP contribution in [0.15, 0.2) is 5.16 Å². The Hall–Kier alpha value is -0.380. The highest BCUT2D eigenvalue weighted by molar-refractivity contribution is 7.93. The lowest BCUT2D eigenvalue weighted by molar-refractivity contribution is 0.415. The fourth-order valence-electron chi connectivity index (χ4n) is 0.172. The van der Waals surface area contributed by atoms with Gasteiger partial charge in [-0.05, 0) is 6.92 Å². The Labute approximate surface area is 40.1 Å². The molecule has 0 aliphatic carbocycles. The fourth-order valence-corrected chi connectivity index (χ4v) is 0.516. The number of oxime groups is 1. The van der Waals surface area contributed by atoms with Crippen LogP contribution in [0.5, 0.6) is 0 Å². The lowest BCUT2D eigenvalue weighted by atomic mass is 10.7. The molecular formula is C2H4N2OS. The van der Waals surface area contributed by atoms with Gasteiger partial charge < -0.3 is 0 Å². The van der Waals surface area contributed by atoms with Gasteiger partial charge in [0.15, 0.2) is 5.84 Å². The molecule has 0 atom stereocenters. The Morgan fingerprint density at radius 2 is 2.83 bits per heavy atom. The van der Waals surface area contributed by atoms with E-state index >= 15 is 0 Å². The first kappa shape index (κ1) is 3.80. The topological polar surface area (TPSA) is 33.6 Å². The molecule has 0 unspecified atom stereocenters. The molecule has 0 spiro atoms. The number of rotatable bonds is 0. The maximum Gasteiger partial charge on any atom is 0.208 e. The summed E-state index contributed by atoms with van der Waals surface area (Å²) in [5.41, 5.74) is 0. The van der Waals surface area contributed by atoms with Crippen molar-refractivity contribution < 1.29 is 4.28 Å². The summed E-state index contributed by atoms with van der Waals surface area (Å²) in [4.78, 5) is 0. The van der Waals surface area contributed by atoms with Crippen LogP contribution in [0, 0.1) is 0 Å². The van der Waals surface area contributed by atoms with E-state index < -0.39 is 0 Å². The van der Waals surface area contributed by atoms with Crippen molar-refractivity contribution >= 4 is 18.1 Å². The molecule has 34 valence electrons. The molecule has 3 nitrogen and oxygen atoms in total. The number of nitrogens with one attached hydrogen (secondary N) is 1. The van der Waals surface area contributed by atoms with E-state index in [4.69, 9.17) is 0 Å². The van der Waals surface area contributed by atoms with Gasteiger partial charge in [-0.25, -0.2) is 0 Å². The molecule has 6 heavy (non-hydrogen) atoms. The average molecular weight is 104 g/mol. The van der Waals surface area contributed by atoms with Crippen LogP contribution in [0.4, 0.5) is 0 Å². The zero-order valence-electron chi connectivity index (χ0n) is 3.26. The van der Waals surface area contributed by atoms with Crippen molar-refractivity contribution in [1.29, 1.82) is 0 Å². The molecule has 0 fully saturated rings. The molecule has 1 rings (SSSR count). The van der Waals surface area contributed by atoms with Gasteiger partial charge in [0, 0.05) is 0 Å². The van der Waals surface area contributed by atoms with Gasteiger partial charge in [0.1, 0.15) is 0 Å². The first-order chi connectivity index (χ1) is 2.89. The molecule has 0 saturated heterocycles. The van der Waals surface area contributed by atoms with Crippen LogP contribution < -0.4 is 4.72 Å². The van der Waals surface area contributed by atoms with Gasteiger partial charge in [0.25, 0.3) is 0 Å². The predicted molar refractivity (Wildman–Crippen MR) is 24.9 cm³/mol. The van der Waals surface area contributed by atoms with E-state index in [0.29, 0.717) is 0 Å². The Morgan fingerprint density at radius 3 is 3.00 bits per heavy atom. The smallest absolute Gasteiger partial charge is 0.208 e. The van der Waals surface area contributed by atoms with Crippen molar-refractivity contribution in [3.63, 3.8) is 0 Å². The Balaban J connectivity index is 2.45. The van der Waals surface area contributed by atoms with Crippen LogP contribution in [-0.4, -0.2) is 5.84 Å². The minimum atomic E-state index is 0.819. The molecular weight excluding hydrogens is 100 g/mol. The van der Waals surface area contributed by atoms with E-state index in [1.165, 1.54) is 0 Å². The third kappa shape index (κ3) is 0.567. The van der Waals surface area contributed by atoms with Gasteiger partial charge in [-0.15, -0.1) is 0 Å². The molecule has 0 aromatic rings. The molecule has 0 aromatic carbocycles. The second-order valence-electron chi connectivity index (χ2n) is 0.937. The van der Waals surface area contributed by atoms with Crippen molar-refractivity contribution in [1.82, 2.24) is 4.72 Å². The highest BCUT2D eigenvalue weighted by Crippen LogP contribution is 2.03. The minimum absolute atomic E-state index is 0.819. The maximum atomic E-state index is 4.45. The highest BCUT2D eigenvalue weighted by Gasteiger charge is 1.97. The van der Waals surface area contributed by atoms with E-state index in [1.807, 2.05) is 6.92 Å². The van der Waals surface area contributed by atoms with Crippen LogP contribution in [-0.2, 0) is 4.28 Å². The molecule has 0 bridgehead atoms. The zero-order chi connectivity index (χ0) is 4.41. The summed E-state index contributed by atoms with van der Waals surface area (Å²) in [6.07, 6.45) is 0. The van der Waals surface area contributed by atoms with E-state index in [-0.39, 0.29) is 0 Å². The van der Waals surface area contributed by atoms with Crippen molar-refractivity contribution in [2.45, 2.75) is 6.92 Å². The molecule has 0 aromatic heterocycles. The molecule has 0 amide bonds. The van der Waals surface area contributed by atoms with Gasteiger partial charge in [-0.2, -0.15) is 0 Å². The van der Waals surface area contributed by atoms with Crippen LogP contribution in [0.1, 0.15) is 6.92 Å². The Bertz CT molecular complexity index is 81.6. The minimum Gasteiger partial charge on any atom is -0.298 e. The molecule has 0 radical (unpaired) electrons. The Kier molecular flexibility index (Phi) is 0.874. The normalized spacial score (nSPS) is 18.5. The van der Waals surface area contributed by atoms with Crippen molar-refractivity contribution in [3.05, 3.63) is 0 Å². The van der Waals surface area contributed by atoms with E-state index in [0.717, 1.165) is 18.1 Å². The first-order valence-electron chi connectivity index (χ1n) is 1.53. The van der Waals surface area contributed by atoms with Crippen LogP contribution in [0.3, 0.4) is 0 Å². The summed E-state index contributed by atoms with van der Waals surface area (Å²) in [6, 6.07) is 0.